The van der Waals surface area contributed by atoms with E-state index in [0.717, 1.165) is 22.4 Å². The van der Waals surface area contributed by atoms with Crippen LogP contribution in [0.2, 0.25) is 0 Å². The summed E-state index contributed by atoms with van der Waals surface area (Å²) in [6, 6.07) is 29.4. The molecule has 63 heavy (non-hydrogen) atoms. The lowest BCUT2D eigenvalue weighted by molar-refractivity contribution is 0.251. The van der Waals surface area contributed by atoms with Crippen LogP contribution in [-0.4, -0.2) is 61.6 Å². The van der Waals surface area contributed by atoms with Crippen LogP contribution < -0.4 is 30.7 Å². The lowest BCUT2D eigenvalue weighted by atomic mass is 9.95. The third kappa shape index (κ3) is 11.4. The van der Waals surface area contributed by atoms with Crippen LogP contribution in [0.5, 0.6) is 11.5 Å². The maximum Gasteiger partial charge on any atom is 0.320 e. The van der Waals surface area contributed by atoms with E-state index in [2.05, 4.69) is 52.7 Å². The number of nitrogens with zero attached hydrogens (tertiary/aromatic N) is 6. The number of methoxy groups -OCH3 is 2. The Labute approximate surface area is 363 Å². The molecule has 0 atom stereocenters. The van der Waals surface area contributed by atoms with Gasteiger partial charge in [0.15, 0.2) is 0 Å². The second kappa shape index (κ2) is 21.5. The number of anilines is 2. The molecule has 2 aromatic heterocycles. The minimum Gasteiger partial charge on any atom is -0.496 e. The monoisotopic (exact) mass is 850 g/mol. The van der Waals surface area contributed by atoms with Crippen molar-refractivity contribution in [3.05, 3.63) is 154 Å². The molecule has 14 nitrogen and oxygen atoms in total. The number of nitriles is 1. The first-order valence-corrected chi connectivity index (χ1v) is 19.9. The normalized spacial score (nSPS) is 11.3. The highest BCUT2D eigenvalue weighted by atomic mass is 19.1. The Morgan fingerprint density at radius 3 is 1.63 bits per heavy atom. The zero-order chi connectivity index (χ0) is 44.7. The van der Waals surface area contributed by atoms with Gasteiger partial charge in [-0.25, -0.2) is 28.3 Å². The van der Waals surface area contributed by atoms with Gasteiger partial charge in [0.1, 0.15) is 41.3 Å². The number of carbonyl (C=O) groups excluding carboxylic acids is 2. The highest BCUT2D eigenvalue weighted by molar-refractivity contribution is 6.03. The second-order valence-corrected chi connectivity index (χ2v) is 13.9. The highest BCUT2D eigenvalue weighted by Gasteiger charge is 2.20. The molecule has 320 valence electrons. The van der Waals surface area contributed by atoms with Crippen molar-refractivity contribution in [1.29, 1.82) is 5.26 Å². The van der Waals surface area contributed by atoms with E-state index < -0.39 is 5.82 Å². The maximum absolute atomic E-state index is 15.7. The van der Waals surface area contributed by atoms with Crippen LogP contribution in [-0.2, 0) is 12.8 Å². The minimum absolute atomic E-state index is 0.314. The fourth-order valence-corrected chi connectivity index (χ4v) is 6.61. The smallest absolute Gasteiger partial charge is 0.320 e. The van der Waals surface area contributed by atoms with Gasteiger partial charge in [0.2, 0.25) is 0 Å². The summed E-state index contributed by atoms with van der Waals surface area (Å²) in [5.74, 6) is 0.897. The number of carbonyl (C=O) groups is 2. The summed E-state index contributed by atoms with van der Waals surface area (Å²) < 4.78 is 41.9. The van der Waals surface area contributed by atoms with Gasteiger partial charge in [-0.1, -0.05) is 54.6 Å². The Morgan fingerprint density at radius 1 is 0.683 bits per heavy atom. The topological polar surface area (TPSA) is 187 Å². The van der Waals surface area contributed by atoms with Gasteiger partial charge in [-0.05, 0) is 94.9 Å². The van der Waals surface area contributed by atoms with Gasteiger partial charge in [0.25, 0.3) is 0 Å². The summed E-state index contributed by atoms with van der Waals surface area (Å²) in [6.45, 7) is 5.09. The number of ether oxygens (including phenoxy) is 2. The molecule has 0 saturated heterocycles. The number of benzene rings is 4. The van der Waals surface area contributed by atoms with E-state index in [1.165, 1.54) is 14.2 Å². The first kappa shape index (κ1) is 44.5. The molecular formula is C47H44F2N10O4. The van der Waals surface area contributed by atoms with Crippen LogP contribution in [0.3, 0.4) is 0 Å². The van der Waals surface area contributed by atoms with Crippen molar-refractivity contribution in [2.24, 2.45) is 15.4 Å². The summed E-state index contributed by atoms with van der Waals surface area (Å²) in [5, 5.41) is 31.3. The number of rotatable bonds is 13. The van der Waals surface area contributed by atoms with Gasteiger partial charge in [0.05, 0.1) is 42.7 Å². The van der Waals surface area contributed by atoms with Crippen molar-refractivity contribution in [1.82, 2.24) is 20.6 Å². The average molecular weight is 851 g/mol. The second-order valence-electron chi connectivity index (χ2n) is 13.9. The van der Waals surface area contributed by atoms with Crippen molar-refractivity contribution in [2.45, 2.75) is 26.7 Å². The number of amides is 4. The van der Waals surface area contributed by atoms with Crippen molar-refractivity contribution < 1.29 is 27.8 Å². The summed E-state index contributed by atoms with van der Waals surface area (Å²) in [7, 11) is 3.00. The quantitative estimate of drug-likeness (QED) is 0.0891. The number of pyridine rings is 2. The summed E-state index contributed by atoms with van der Waals surface area (Å²) in [5.41, 5.74) is 6.54. The number of hydrogen-bond acceptors (Lipinski definition) is 10. The van der Waals surface area contributed by atoms with Gasteiger partial charge >= 0.3 is 12.1 Å². The predicted molar refractivity (Wildman–Crippen MR) is 237 cm³/mol. The SMILES string of the molecule is CCNC(=O)Nc1ccc(Cc2ccc(OC)c(-c3cccc(C#N)c3)c2F)cn1.CCNC(=O)Nc1ccc(Cc2ccc(OC)c(-c3cccc(C4=NN=NC4)c3)c2F)cn1. The summed E-state index contributed by atoms with van der Waals surface area (Å²) in [4.78, 5) is 31.7. The molecule has 0 radical (unpaired) electrons. The molecule has 1 aliphatic rings. The van der Waals surface area contributed by atoms with Crippen LogP contribution in [0.15, 0.2) is 125 Å². The van der Waals surface area contributed by atoms with E-state index in [4.69, 9.17) is 14.7 Å². The van der Waals surface area contributed by atoms with E-state index >= 15 is 8.78 Å². The van der Waals surface area contributed by atoms with Crippen molar-refractivity contribution in [3.63, 3.8) is 0 Å². The predicted octanol–water partition coefficient (Wildman–Crippen LogP) is 9.30. The van der Waals surface area contributed by atoms with Crippen molar-refractivity contribution in [2.75, 3.05) is 44.5 Å². The van der Waals surface area contributed by atoms with Crippen LogP contribution in [0.4, 0.5) is 30.0 Å². The van der Waals surface area contributed by atoms with Crippen LogP contribution in [0, 0.1) is 23.0 Å². The Morgan fingerprint density at radius 2 is 1.19 bits per heavy atom. The molecule has 0 saturated carbocycles. The Kier molecular flexibility index (Phi) is 15.2. The third-order valence-corrected chi connectivity index (χ3v) is 9.62. The molecule has 0 unspecified atom stereocenters. The van der Waals surface area contributed by atoms with Gasteiger partial charge in [-0.2, -0.15) is 10.4 Å². The van der Waals surface area contributed by atoms with Crippen LogP contribution >= 0.6 is 0 Å². The highest BCUT2D eigenvalue weighted by Crippen LogP contribution is 2.37. The largest absolute Gasteiger partial charge is 0.496 e. The molecule has 3 heterocycles. The van der Waals surface area contributed by atoms with E-state index in [9.17, 15) is 9.59 Å². The minimum atomic E-state index is -0.408. The van der Waals surface area contributed by atoms with Gasteiger partial charge in [-0.3, -0.25) is 10.6 Å². The van der Waals surface area contributed by atoms with Gasteiger partial charge < -0.3 is 20.1 Å². The van der Waals surface area contributed by atoms with E-state index in [-0.39, 0.29) is 17.9 Å². The molecule has 0 aliphatic carbocycles. The molecule has 4 aromatic carbocycles. The van der Waals surface area contributed by atoms with E-state index in [0.29, 0.717) is 94.6 Å². The molecule has 1 aliphatic heterocycles. The van der Waals surface area contributed by atoms with Crippen molar-refractivity contribution >= 4 is 29.4 Å². The first-order chi connectivity index (χ1) is 30.6. The van der Waals surface area contributed by atoms with E-state index in [1.54, 1.807) is 79.1 Å². The number of halogens is 2. The first-order valence-electron chi connectivity index (χ1n) is 19.9. The summed E-state index contributed by atoms with van der Waals surface area (Å²) >= 11 is 0. The summed E-state index contributed by atoms with van der Waals surface area (Å²) in [6.07, 6.45) is 3.87. The third-order valence-electron chi connectivity index (χ3n) is 9.62. The average Bonchev–Trinajstić information content (AvgIpc) is 3.85. The zero-order valence-electron chi connectivity index (χ0n) is 35.0. The number of aromatic nitrogens is 2. The number of hydrogen-bond donors (Lipinski definition) is 4. The standard InChI is InChI=1S/C24H23FN6O2.C23H21FN4O2/c1-3-26-24(32)29-21-10-7-15(13-27-21)11-18-8-9-20(33-2)22(23(18)25)17-6-4-5-16(12-17)19-14-28-31-30-19;1-3-26-23(29)28-20-10-7-16(14-27-20)12-18-8-9-19(30-2)21(22(18)24)17-6-4-5-15(11-17)13-25/h4-10,12-13H,3,11,14H2,1-2H3,(H2,26,27,29,32);4-11,14H,3,12H2,1-2H3,(H2,26,27,28,29). The number of urea groups is 2. The van der Waals surface area contributed by atoms with Crippen molar-refractivity contribution in [3.8, 4) is 39.8 Å². The molecule has 0 fully saturated rings. The molecule has 0 spiro atoms. The Balaban J connectivity index is 0.000000211. The lowest BCUT2D eigenvalue weighted by Crippen LogP contribution is -2.28. The molecule has 6 aromatic rings. The van der Waals surface area contributed by atoms with E-state index in [1.807, 2.05) is 44.2 Å². The lowest BCUT2D eigenvalue weighted by Gasteiger charge is -2.14. The number of nitrogens with one attached hydrogen (secondary N) is 4. The fourth-order valence-electron chi connectivity index (χ4n) is 6.61. The molecule has 4 amide bonds. The van der Waals surface area contributed by atoms with Gasteiger partial charge in [0, 0.05) is 43.9 Å². The zero-order valence-corrected chi connectivity index (χ0v) is 35.0. The maximum atomic E-state index is 15.7. The Hall–Kier alpha value is -8.06. The van der Waals surface area contributed by atoms with Crippen LogP contribution in [0.25, 0.3) is 22.3 Å². The Bertz CT molecular complexity index is 2680. The molecule has 7 rings (SSSR count). The van der Waals surface area contributed by atoms with Crippen LogP contribution in [0.1, 0.15) is 47.2 Å². The molecule has 4 N–H and O–H groups in total. The van der Waals surface area contributed by atoms with Gasteiger partial charge in [-0.15, -0.1) is 5.10 Å². The fraction of sp³-hybridized carbons (Fsp3) is 0.191. The molecule has 0 bridgehead atoms. The molecular weight excluding hydrogens is 807 g/mol. The molecule has 16 heteroatoms.